The van der Waals surface area contributed by atoms with E-state index in [-0.39, 0.29) is 35.9 Å². The molecular formula is C38H41N5O6. The van der Waals surface area contributed by atoms with Crippen molar-refractivity contribution in [3.8, 4) is 0 Å². The zero-order chi connectivity index (χ0) is 34.9. The minimum absolute atomic E-state index is 0.0147. The van der Waals surface area contributed by atoms with Crippen molar-refractivity contribution in [3.63, 3.8) is 0 Å². The number of fused-ring (bicyclic) bond motifs is 2. The number of rotatable bonds is 13. The van der Waals surface area contributed by atoms with E-state index in [1.807, 2.05) is 32.0 Å². The smallest absolute Gasteiger partial charge is 0.410 e. The number of aliphatic imine (C=N–C) groups is 1. The van der Waals surface area contributed by atoms with E-state index in [9.17, 15) is 29.1 Å². The van der Waals surface area contributed by atoms with E-state index in [4.69, 9.17) is 0 Å². The molecule has 2 aliphatic rings. The summed E-state index contributed by atoms with van der Waals surface area (Å²) in [4.78, 5) is 71.0. The van der Waals surface area contributed by atoms with Gasteiger partial charge in [0.05, 0.1) is 16.8 Å². The Balaban J connectivity index is 1.21. The number of amidine groups is 1. The second-order valence-corrected chi connectivity index (χ2v) is 12.2. The molecule has 3 aromatic rings. The number of nitrogens with one attached hydrogen (secondary N) is 2. The van der Waals surface area contributed by atoms with Crippen molar-refractivity contribution in [1.82, 2.24) is 15.1 Å². The molecule has 3 aromatic carbocycles. The maximum absolute atomic E-state index is 13.4. The summed E-state index contributed by atoms with van der Waals surface area (Å²) in [7, 11) is 0. The Morgan fingerprint density at radius 3 is 2.24 bits per heavy atom. The van der Waals surface area contributed by atoms with Gasteiger partial charge in [0.15, 0.2) is 0 Å². The lowest BCUT2D eigenvalue weighted by Crippen LogP contribution is -2.36. The lowest BCUT2D eigenvalue weighted by atomic mass is 10.0. The second kappa shape index (κ2) is 16.0. The summed E-state index contributed by atoms with van der Waals surface area (Å²) in [6, 6.07) is 19.4. The van der Waals surface area contributed by atoms with E-state index in [0.717, 1.165) is 37.7 Å². The van der Waals surface area contributed by atoms with Crippen molar-refractivity contribution in [1.29, 1.82) is 0 Å². The van der Waals surface area contributed by atoms with Crippen LogP contribution in [0.15, 0.2) is 77.3 Å². The van der Waals surface area contributed by atoms with Gasteiger partial charge in [0.1, 0.15) is 5.84 Å². The Morgan fingerprint density at radius 1 is 0.857 bits per heavy atom. The largest absolute Gasteiger partial charge is 0.465 e. The molecule has 0 atom stereocenters. The first-order chi connectivity index (χ1) is 23.7. The van der Waals surface area contributed by atoms with Crippen molar-refractivity contribution in [2.24, 2.45) is 4.99 Å². The highest BCUT2D eigenvalue weighted by atomic mass is 16.4. The molecule has 254 valence electrons. The van der Waals surface area contributed by atoms with Gasteiger partial charge in [-0.25, -0.2) is 9.79 Å². The Bertz CT molecular complexity index is 1790. The quantitative estimate of drug-likeness (QED) is 0.137. The average Bonchev–Trinajstić information content (AvgIpc) is 3.20. The number of imide groups is 1. The first-order valence-electron chi connectivity index (χ1n) is 16.7. The lowest BCUT2D eigenvalue weighted by molar-refractivity contribution is -0.127. The van der Waals surface area contributed by atoms with Crippen molar-refractivity contribution >= 4 is 53.0 Å². The van der Waals surface area contributed by atoms with Gasteiger partial charge in [-0.3, -0.25) is 29.4 Å². The highest BCUT2D eigenvalue weighted by molar-refractivity contribution is 6.21. The Kier molecular flexibility index (Phi) is 11.4. The normalized spacial score (nSPS) is 13.6. The molecule has 3 N–H and O–H groups in total. The first-order valence-corrected chi connectivity index (χ1v) is 16.7. The fourth-order valence-corrected chi connectivity index (χ4v) is 6.12. The molecule has 0 unspecified atom stereocenters. The van der Waals surface area contributed by atoms with Gasteiger partial charge in [-0.15, -0.1) is 0 Å². The van der Waals surface area contributed by atoms with Gasteiger partial charge in [0.2, 0.25) is 5.91 Å². The van der Waals surface area contributed by atoms with Gasteiger partial charge in [-0.1, -0.05) is 50.6 Å². The summed E-state index contributed by atoms with van der Waals surface area (Å²) in [6.07, 6.45) is 5.19. The number of aryl methyl sites for hydroxylation is 1. The molecule has 0 aliphatic carbocycles. The van der Waals surface area contributed by atoms with E-state index < -0.39 is 6.09 Å². The van der Waals surface area contributed by atoms with Gasteiger partial charge in [0, 0.05) is 48.4 Å². The first kappa shape index (κ1) is 34.7. The number of hydrogen-bond acceptors (Lipinski definition) is 6. The highest BCUT2D eigenvalue weighted by Gasteiger charge is 2.34. The van der Waals surface area contributed by atoms with Gasteiger partial charge in [-0.05, 0) is 80.1 Å². The Labute approximate surface area is 285 Å². The third-order valence-corrected chi connectivity index (χ3v) is 8.45. The fourth-order valence-electron chi connectivity index (χ4n) is 6.12. The average molecular weight is 664 g/mol. The zero-order valence-electron chi connectivity index (χ0n) is 27.8. The van der Waals surface area contributed by atoms with Crippen LogP contribution in [-0.4, -0.2) is 70.1 Å². The number of unbranched alkanes of at least 4 members (excludes halogenated alkanes) is 2. The van der Waals surface area contributed by atoms with Crippen LogP contribution in [0.3, 0.4) is 0 Å². The van der Waals surface area contributed by atoms with E-state index in [1.165, 1.54) is 4.90 Å². The molecule has 5 amide bonds. The number of amides is 5. The number of benzene rings is 3. The minimum Gasteiger partial charge on any atom is -0.465 e. The van der Waals surface area contributed by atoms with Crippen molar-refractivity contribution in [2.45, 2.75) is 58.8 Å². The minimum atomic E-state index is -1.29. The molecule has 2 aliphatic heterocycles. The van der Waals surface area contributed by atoms with Crippen LogP contribution in [0.4, 0.5) is 16.2 Å². The number of carbonyl (C=O) groups excluding carboxylic acids is 4. The number of carbonyl (C=O) groups is 5. The molecule has 11 heteroatoms. The third kappa shape index (κ3) is 8.48. The zero-order valence-corrected chi connectivity index (χ0v) is 27.8. The monoisotopic (exact) mass is 663 g/mol. The van der Waals surface area contributed by atoms with Crippen molar-refractivity contribution < 1.29 is 29.1 Å². The van der Waals surface area contributed by atoms with E-state index in [2.05, 4.69) is 15.6 Å². The molecule has 2 heterocycles. The predicted molar refractivity (Wildman–Crippen MR) is 188 cm³/mol. The Morgan fingerprint density at radius 2 is 1.57 bits per heavy atom. The molecule has 49 heavy (non-hydrogen) atoms. The number of nitrogens with zero attached hydrogens (tertiary/aromatic N) is 3. The summed E-state index contributed by atoms with van der Waals surface area (Å²) in [5.41, 5.74) is 4.33. The number of hydrogen-bond donors (Lipinski definition) is 3. The summed E-state index contributed by atoms with van der Waals surface area (Å²) in [5.74, 6) is -0.889. The van der Waals surface area contributed by atoms with Gasteiger partial charge in [0.25, 0.3) is 17.7 Å². The van der Waals surface area contributed by atoms with E-state index in [0.29, 0.717) is 65.3 Å². The topological polar surface area (TPSA) is 148 Å². The van der Waals surface area contributed by atoms with Crippen LogP contribution in [0.25, 0.3) is 6.08 Å². The van der Waals surface area contributed by atoms with Crippen LogP contribution < -0.4 is 10.6 Å². The molecule has 0 bridgehead atoms. The maximum Gasteiger partial charge on any atom is 0.410 e. The molecule has 11 nitrogen and oxygen atoms in total. The van der Waals surface area contributed by atoms with Crippen LogP contribution in [0.5, 0.6) is 0 Å². The summed E-state index contributed by atoms with van der Waals surface area (Å²) < 4.78 is 0. The van der Waals surface area contributed by atoms with Gasteiger partial charge < -0.3 is 15.3 Å². The van der Waals surface area contributed by atoms with Crippen molar-refractivity contribution in [3.05, 3.63) is 100 Å². The van der Waals surface area contributed by atoms with Gasteiger partial charge >= 0.3 is 6.09 Å². The maximum atomic E-state index is 13.4. The van der Waals surface area contributed by atoms with E-state index >= 15 is 0 Å². The fraction of sp³-hybridized carbons (Fsp3) is 0.316. The molecule has 0 fully saturated rings. The number of anilines is 1. The highest BCUT2D eigenvalue weighted by Crippen LogP contribution is 2.29. The van der Waals surface area contributed by atoms with E-state index in [1.54, 1.807) is 59.5 Å². The van der Waals surface area contributed by atoms with Crippen LogP contribution in [0.2, 0.25) is 0 Å². The summed E-state index contributed by atoms with van der Waals surface area (Å²) in [6.45, 7) is 5.57. The number of carboxylic acid groups (broad SMARTS) is 1. The second-order valence-electron chi connectivity index (χ2n) is 12.2. The molecule has 0 saturated carbocycles. The molecule has 0 saturated heterocycles. The SMILES string of the molecule is CCCN(CCC)C(=O)C1=Cc2ccc(C(=O)Nc3cccc(CCCCCN4C(=O)c5ccccc5C4=O)c3)cc2N=C(NC(=O)O)C1. The molecule has 5 rings (SSSR count). The molecule has 0 aromatic heterocycles. The summed E-state index contributed by atoms with van der Waals surface area (Å²) in [5, 5.41) is 14.7. The Hall–Kier alpha value is -5.58. The van der Waals surface area contributed by atoms with Crippen LogP contribution in [0.1, 0.15) is 94.6 Å². The molecule has 0 spiro atoms. The summed E-state index contributed by atoms with van der Waals surface area (Å²) >= 11 is 0. The van der Waals surface area contributed by atoms with Gasteiger partial charge in [-0.2, -0.15) is 0 Å². The van der Waals surface area contributed by atoms with Crippen molar-refractivity contribution in [2.75, 3.05) is 25.0 Å². The molecular weight excluding hydrogens is 622 g/mol. The third-order valence-electron chi connectivity index (χ3n) is 8.45. The standard InChI is InChI=1S/C38H41N5O6/c1-3-18-42(19-4-2)35(45)28-22-26-16-17-27(23-32(26)40-33(24-28)41-38(48)49)34(44)39-29-13-10-12-25(21-29)11-6-5-9-20-43-36(46)30-14-7-8-15-31(30)37(43)47/h7-8,10,12-17,21-23H,3-6,9,11,18-20,24H2,1-2H3,(H,39,44)(H,40,41)(H,48,49). The van der Waals surface area contributed by atoms with Crippen LogP contribution in [-0.2, 0) is 11.2 Å². The van der Waals surface area contributed by atoms with Crippen LogP contribution in [0, 0.1) is 0 Å². The van der Waals surface area contributed by atoms with Crippen LogP contribution >= 0.6 is 0 Å². The predicted octanol–water partition coefficient (Wildman–Crippen LogP) is 6.68. The lowest BCUT2D eigenvalue weighted by Gasteiger charge is -2.23. The molecule has 0 radical (unpaired) electrons.